The first-order valence-corrected chi connectivity index (χ1v) is 6.72. The minimum atomic E-state index is -0.0843. The van der Waals surface area contributed by atoms with Gasteiger partial charge in [0.05, 0.1) is 10.6 Å². The number of halogens is 1. The Labute approximate surface area is 112 Å². The van der Waals surface area contributed by atoms with Crippen molar-refractivity contribution < 1.29 is 4.79 Å². The van der Waals surface area contributed by atoms with Crippen LogP contribution in [0.25, 0.3) is 0 Å². The Morgan fingerprint density at radius 1 is 1.39 bits per heavy atom. The number of nitrogens with zero attached hydrogens (tertiary/aromatic N) is 1. The van der Waals surface area contributed by atoms with Crippen LogP contribution in [0.4, 0.5) is 5.82 Å². The van der Waals surface area contributed by atoms with Crippen molar-refractivity contribution in [3.05, 3.63) is 22.8 Å². The number of aromatic nitrogens is 1. The third-order valence-electron chi connectivity index (χ3n) is 3.28. The molecule has 1 amide bonds. The van der Waals surface area contributed by atoms with Gasteiger partial charge >= 0.3 is 0 Å². The van der Waals surface area contributed by atoms with Gasteiger partial charge in [0.15, 0.2) is 0 Å². The monoisotopic (exact) mass is 267 g/mol. The fraction of sp³-hybridized carbons (Fsp3) is 0.538. The highest BCUT2D eigenvalue weighted by Crippen LogP contribution is 2.21. The molecule has 1 fully saturated rings. The van der Waals surface area contributed by atoms with E-state index >= 15 is 0 Å². The first-order chi connectivity index (χ1) is 8.70. The smallest absolute Gasteiger partial charge is 0.253 e. The van der Waals surface area contributed by atoms with Crippen LogP contribution in [0.1, 0.15) is 42.5 Å². The summed E-state index contributed by atoms with van der Waals surface area (Å²) in [4.78, 5) is 16.1. The van der Waals surface area contributed by atoms with E-state index in [1.807, 2.05) is 0 Å². The number of rotatable bonds is 3. The number of nitrogens with one attached hydrogen (secondary N) is 2. The zero-order valence-corrected chi connectivity index (χ0v) is 11.3. The molecule has 18 heavy (non-hydrogen) atoms. The standard InChI is InChI=1S/C13H18ClN3O/c1-15-12-11(14)7-9(8-16-12)13(18)17-10-5-3-2-4-6-10/h7-8,10H,2-6H2,1H3,(H,15,16)(H,17,18). The molecule has 1 aliphatic rings. The molecular formula is C13H18ClN3O. The van der Waals surface area contributed by atoms with Gasteiger partial charge < -0.3 is 10.6 Å². The first-order valence-electron chi connectivity index (χ1n) is 6.35. The highest BCUT2D eigenvalue weighted by Gasteiger charge is 2.17. The molecule has 0 radical (unpaired) electrons. The van der Waals surface area contributed by atoms with E-state index in [0.29, 0.717) is 22.4 Å². The molecule has 4 nitrogen and oxygen atoms in total. The van der Waals surface area contributed by atoms with Crippen LogP contribution in [-0.2, 0) is 0 Å². The Hall–Kier alpha value is -1.29. The molecule has 1 aromatic heterocycles. The summed E-state index contributed by atoms with van der Waals surface area (Å²) in [6, 6.07) is 1.95. The fourth-order valence-corrected chi connectivity index (χ4v) is 2.52. The van der Waals surface area contributed by atoms with Crippen molar-refractivity contribution in [3.8, 4) is 0 Å². The second kappa shape index (κ2) is 6.05. The fourth-order valence-electron chi connectivity index (χ4n) is 2.26. The van der Waals surface area contributed by atoms with Crippen molar-refractivity contribution in [3.63, 3.8) is 0 Å². The number of hydrogen-bond donors (Lipinski definition) is 2. The zero-order chi connectivity index (χ0) is 13.0. The number of anilines is 1. The van der Waals surface area contributed by atoms with Crippen LogP contribution < -0.4 is 10.6 Å². The quantitative estimate of drug-likeness (QED) is 0.885. The molecule has 98 valence electrons. The van der Waals surface area contributed by atoms with E-state index in [0.717, 1.165) is 12.8 Å². The summed E-state index contributed by atoms with van der Waals surface area (Å²) in [5.41, 5.74) is 0.518. The number of pyridine rings is 1. The van der Waals surface area contributed by atoms with Crippen molar-refractivity contribution in [2.75, 3.05) is 12.4 Å². The van der Waals surface area contributed by atoms with Crippen LogP contribution in [0.2, 0.25) is 5.02 Å². The molecule has 1 aromatic rings. The van der Waals surface area contributed by atoms with E-state index in [1.165, 1.54) is 19.3 Å². The van der Waals surface area contributed by atoms with E-state index in [2.05, 4.69) is 15.6 Å². The number of carbonyl (C=O) groups excluding carboxylic acids is 1. The van der Waals surface area contributed by atoms with Crippen molar-refractivity contribution in [1.29, 1.82) is 0 Å². The summed E-state index contributed by atoms with van der Waals surface area (Å²) in [6.07, 6.45) is 7.36. The Kier molecular flexibility index (Phi) is 4.42. The molecule has 0 aliphatic heterocycles. The number of amides is 1. The Balaban J connectivity index is 2.01. The summed E-state index contributed by atoms with van der Waals surface area (Å²) in [5.74, 6) is 0.504. The maximum atomic E-state index is 12.0. The molecule has 1 aliphatic carbocycles. The van der Waals surface area contributed by atoms with Gasteiger partial charge in [-0.15, -0.1) is 0 Å². The predicted octanol–water partition coefficient (Wildman–Crippen LogP) is 2.84. The van der Waals surface area contributed by atoms with Gasteiger partial charge in [-0.05, 0) is 18.9 Å². The molecule has 0 aromatic carbocycles. The van der Waals surface area contributed by atoms with Gasteiger partial charge in [-0.1, -0.05) is 30.9 Å². The van der Waals surface area contributed by atoms with Gasteiger partial charge in [0.25, 0.3) is 5.91 Å². The predicted molar refractivity (Wildman–Crippen MR) is 73.1 cm³/mol. The minimum Gasteiger partial charge on any atom is -0.372 e. The largest absolute Gasteiger partial charge is 0.372 e. The average Bonchev–Trinajstić information content (AvgIpc) is 2.39. The maximum Gasteiger partial charge on any atom is 0.253 e. The summed E-state index contributed by atoms with van der Waals surface area (Å²) < 4.78 is 0. The maximum absolute atomic E-state index is 12.0. The highest BCUT2D eigenvalue weighted by atomic mass is 35.5. The lowest BCUT2D eigenvalue weighted by atomic mass is 9.95. The topological polar surface area (TPSA) is 54.0 Å². The SMILES string of the molecule is CNc1ncc(C(=O)NC2CCCCC2)cc1Cl. The summed E-state index contributed by atoms with van der Waals surface area (Å²) >= 11 is 6.01. The van der Waals surface area contributed by atoms with Crippen LogP contribution in [0, 0.1) is 0 Å². The first kappa shape index (κ1) is 13.1. The molecule has 0 spiro atoms. The Bertz CT molecular complexity index is 430. The molecule has 2 rings (SSSR count). The van der Waals surface area contributed by atoms with E-state index in [1.54, 1.807) is 19.3 Å². The second-order valence-corrected chi connectivity index (χ2v) is 5.02. The molecule has 5 heteroatoms. The average molecular weight is 268 g/mol. The van der Waals surface area contributed by atoms with Crippen LogP contribution >= 0.6 is 11.6 Å². The zero-order valence-electron chi connectivity index (χ0n) is 10.5. The van der Waals surface area contributed by atoms with Crippen LogP contribution in [0.15, 0.2) is 12.3 Å². The highest BCUT2D eigenvalue weighted by molar-refractivity contribution is 6.33. The molecule has 0 atom stereocenters. The van der Waals surface area contributed by atoms with Gasteiger partial charge in [0.2, 0.25) is 0 Å². The van der Waals surface area contributed by atoms with Gasteiger partial charge in [-0.25, -0.2) is 4.98 Å². The second-order valence-electron chi connectivity index (χ2n) is 4.61. The Morgan fingerprint density at radius 2 is 2.11 bits per heavy atom. The van der Waals surface area contributed by atoms with E-state index < -0.39 is 0 Å². The van der Waals surface area contributed by atoms with Gasteiger partial charge in [0.1, 0.15) is 5.82 Å². The lowest BCUT2D eigenvalue weighted by molar-refractivity contribution is 0.0927. The van der Waals surface area contributed by atoms with Gasteiger partial charge in [-0.3, -0.25) is 4.79 Å². The van der Waals surface area contributed by atoms with E-state index in [-0.39, 0.29) is 5.91 Å². The van der Waals surface area contributed by atoms with Crippen molar-refractivity contribution in [2.24, 2.45) is 0 Å². The van der Waals surface area contributed by atoms with Gasteiger partial charge in [-0.2, -0.15) is 0 Å². The molecule has 1 saturated carbocycles. The Morgan fingerprint density at radius 3 is 2.72 bits per heavy atom. The summed E-state index contributed by atoms with van der Waals surface area (Å²) in [7, 11) is 1.75. The minimum absolute atomic E-state index is 0.0843. The lowest BCUT2D eigenvalue weighted by Crippen LogP contribution is -2.36. The summed E-state index contributed by atoms with van der Waals surface area (Å²) in [6.45, 7) is 0. The van der Waals surface area contributed by atoms with Gasteiger partial charge in [0, 0.05) is 19.3 Å². The molecule has 0 saturated heterocycles. The van der Waals surface area contributed by atoms with Crippen LogP contribution in [-0.4, -0.2) is 24.0 Å². The third kappa shape index (κ3) is 3.13. The molecular weight excluding hydrogens is 250 g/mol. The normalized spacial score (nSPS) is 16.3. The lowest BCUT2D eigenvalue weighted by Gasteiger charge is -2.22. The van der Waals surface area contributed by atoms with E-state index in [4.69, 9.17) is 11.6 Å². The molecule has 1 heterocycles. The van der Waals surface area contributed by atoms with Crippen molar-refractivity contribution in [2.45, 2.75) is 38.1 Å². The molecule has 2 N–H and O–H groups in total. The summed E-state index contributed by atoms with van der Waals surface area (Å²) in [5, 5.41) is 6.38. The molecule has 0 unspecified atom stereocenters. The molecule has 0 bridgehead atoms. The third-order valence-corrected chi connectivity index (χ3v) is 3.57. The van der Waals surface area contributed by atoms with Crippen LogP contribution in [0.5, 0.6) is 0 Å². The van der Waals surface area contributed by atoms with Crippen molar-refractivity contribution >= 4 is 23.3 Å². The number of hydrogen-bond acceptors (Lipinski definition) is 3. The van der Waals surface area contributed by atoms with Crippen molar-refractivity contribution in [1.82, 2.24) is 10.3 Å². The number of carbonyl (C=O) groups is 1. The van der Waals surface area contributed by atoms with Crippen LogP contribution in [0.3, 0.4) is 0 Å². The van der Waals surface area contributed by atoms with E-state index in [9.17, 15) is 4.79 Å².